The van der Waals surface area contributed by atoms with Crippen LogP contribution < -0.4 is 0 Å². The molecule has 23 heavy (non-hydrogen) atoms. The second kappa shape index (κ2) is 6.29. The van der Waals surface area contributed by atoms with Crippen molar-refractivity contribution in [2.75, 3.05) is 46.0 Å². The van der Waals surface area contributed by atoms with Crippen LogP contribution >= 0.6 is 0 Å². The largest absolute Gasteiger partial charge is 0.376 e. The van der Waals surface area contributed by atoms with E-state index in [1.54, 1.807) is 16.7 Å². The van der Waals surface area contributed by atoms with Crippen LogP contribution in [0.15, 0.2) is 10.7 Å². The SMILES string of the molecule is CC(=O)N1CCOC[C@@]2(C1)CN(C(=O)c1cnoc1C)CCO2. The summed E-state index contributed by atoms with van der Waals surface area (Å²) in [7, 11) is 0. The fourth-order valence-corrected chi connectivity index (χ4v) is 3.05. The Balaban J connectivity index is 1.77. The lowest BCUT2D eigenvalue weighted by atomic mass is 10.0. The van der Waals surface area contributed by atoms with E-state index in [9.17, 15) is 9.59 Å². The van der Waals surface area contributed by atoms with E-state index in [1.807, 2.05) is 0 Å². The number of rotatable bonds is 1. The Morgan fingerprint density at radius 3 is 2.65 bits per heavy atom. The zero-order valence-electron chi connectivity index (χ0n) is 13.4. The molecule has 2 aliphatic rings. The van der Waals surface area contributed by atoms with Crippen LogP contribution in [-0.2, 0) is 14.3 Å². The van der Waals surface area contributed by atoms with Gasteiger partial charge < -0.3 is 23.8 Å². The number of morpholine rings is 1. The smallest absolute Gasteiger partial charge is 0.259 e. The quantitative estimate of drug-likeness (QED) is 0.727. The Morgan fingerprint density at radius 2 is 1.96 bits per heavy atom. The Labute approximate surface area is 134 Å². The topological polar surface area (TPSA) is 85.1 Å². The Bertz CT molecular complexity index is 602. The van der Waals surface area contributed by atoms with Gasteiger partial charge in [-0.25, -0.2) is 0 Å². The fourth-order valence-electron chi connectivity index (χ4n) is 3.05. The zero-order valence-corrected chi connectivity index (χ0v) is 13.4. The monoisotopic (exact) mass is 323 g/mol. The first-order valence-corrected chi connectivity index (χ1v) is 7.68. The van der Waals surface area contributed by atoms with Crippen molar-refractivity contribution < 1.29 is 23.6 Å². The predicted octanol–water partition coefficient (Wildman–Crippen LogP) is 0.0729. The number of hydrogen-bond donors (Lipinski definition) is 0. The number of amides is 2. The highest BCUT2D eigenvalue weighted by Gasteiger charge is 2.42. The lowest BCUT2D eigenvalue weighted by molar-refractivity contribution is -0.145. The lowest BCUT2D eigenvalue weighted by Gasteiger charge is -2.43. The molecule has 0 bridgehead atoms. The molecule has 0 saturated carbocycles. The lowest BCUT2D eigenvalue weighted by Crippen LogP contribution is -2.60. The molecule has 1 aromatic rings. The van der Waals surface area contributed by atoms with Gasteiger partial charge in [0.05, 0.1) is 39.1 Å². The first-order valence-electron chi connectivity index (χ1n) is 7.68. The van der Waals surface area contributed by atoms with Crippen molar-refractivity contribution in [3.8, 4) is 0 Å². The molecule has 0 unspecified atom stereocenters. The molecule has 1 atom stereocenters. The van der Waals surface area contributed by atoms with Crippen molar-refractivity contribution in [3.05, 3.63) is 17.5 Å². The van der Waals surface area contributed by atoms with Crippen LogP contribution in [0.25, 0.3) is 0 Å². The molecule has 2 fully saturated rings. The van der Waals surface area contributed by atoms with Gasteiger partial charge in [0.15, 0.2) is 0 Å². The minimum Gasteiger partial charge on any atom is -0.376 e. The number of aromatic nitrogens is 1. The standard InChI is InChI=1S/C15H21N3O5/c1-11-13(7-16-23-11)14(20)18-4-6-22-15(9-18)8-17(12(2)19)3-5-21-10-15/h7H,3-6,8-10H2,1-2H3/t15-/m1/s1. The molecule has 8 heteroatoms. The van der Waals surface area contributed by atoms with E-state index in [4.69, 9.17) is 14.0 Å². The zero-order chi connectivity index (χ0) is 16.4. The van der Waals surface area contributed by atoms with Crippen molar-refractivity contribution in [2.24, 2.45) is 0 Å². The fraction of sp³-hybridized carbons (Fsp3) is 0.667. The van der Waals surface area contributed by atoms with Gasteiger partial charge in [-0.1, -0.05) is 5.16 Å². The molecular formula is C15H21N3O5. The van der Waals surface area contributed by atoms with E-state index in [2.05, 4.69) is 5.16 Å². The maximum atomic E-state index is 12.7. The molecule has 0 N–H and O–H groups in total. The summed E-state index contributed by atoms with van der Waals surface area (Å²) in [5, 5.41) is 3.66. The normalized spacial score (nSPS) is 25.5. The molecule has 8 nitrogen and oxygen atoms in total. The molecule has 2 aliphatic heterocycles. The summed E-state index contributed by atoms with van der Waals surface area (Å²) in [5.41, 5.74) is -0.221. The number of aryl methyl sites for hydroxylation is 1. The number of ether oxygens (including phenoxy) is 2. The summed E-state index contributed by atoms with van der Waals surface area (Å²) in [6.07, 6.45) is 1.44. The van der Waals surface area contributed by atoms with Crippen molar-refractivity contribution in [2.45, 2.75) is 19.4 Å². The van der Waals surface area contributed by atoms with Crippen LogP contribution in [0.5, 0.6) is 0 Å². The van der Waals surface area contributed by atoms with Crippen molar-refractivity contribution in [1.82, 2.24) is 15.0 Å². The van der Waals surface area contributed by atoms with E-state index in [0.29, 0.717) is 57.3 Å². The molecule has 1 aromatic heterocycles. The molecule has 3 heterocycles. The average Bonchev–Trinajstić information content (AvgIpc) is 2.85. The first kappa shape index (κ1) is 15.9. The van der Waals surface area contributed by atoms with Gasteiger partial charge in [-0.3, -0.25) is 9.59 Å². The third-order valence-corrected chi connectivity index (χ3v) is 4.31. The second-order valence-electron chi connectivity index (χ2n) is 6.05. The van der Waals surface area contributed by atoms with Gasteiger partial charge in [0, 0.05) is 20.0 Å². The minimum atomic E-state index is -0.679. The van der Waals surface area contributed by atoms with Crippen molar-refractivity contribution >= 4 is 11.8 Å². The van der Waals surface area contributed by atoms with Gasteiger partial charge >= 0.3 is 0 Å². The predicted molar refractivity (Wildman–Crippen MR) is 78.9 cm³/mol. The van der Waals surface area contributed by atoms with Crippen LogP contribution in [0, 0.1) is 6.92 Å². The highest BCUT2D eigenvalue weighted by molar-refractivity contribution is 5.94. The van der Waals surface area contributed by atoms with E-state index in [0.717, 1.165) is 0 Å². The number of carbonyl (C=O) groups is 2. The van der Waals surface area contributed by atoms with Gasteiger partial charge in [0.25, 0.3) is 5.91 Å². The van der Waals surface area contributed by atoms with Crippen LogP contribution in [0.3, 0.4) is 0 Å². The molecule has 1 spiro atoms. The van der Waals surface area contributed by atoms with Crippen LogP contribution in [0.2, 0.25) is 0 Å². The summed E-state index contributed by atoms with van der Waals surface area (Å²) in [6.45, 7) is 6.32. The van der Waals surface area contributed by atoms with Gasteiger partial charge in [-0.05, 0) is 6.92 Å². The molecule has 0 aliphatic carbocycles. The van der Waals surface area contributed by atoms with Crippen LogP contribution in [-0.4, -0.2) is 78.4 Å². The Hall–Kier alpha value is -1.93. The molecule has 0 aromatic carbocycles. The summed E-state index contributed by atoms with van der Waals surface area (Å²) >= 11 is 0. The minimum absolute atomic E-state index is 0.0168. The van der Waals surface area contributed by atoms with Gasteiger partial charge in [-0.2, -0.15) is 0 Å². The Kier molecular flexibility index (Phi) is 4.36. The van der Waals surface area contributed by atoms with Crippen molar-refractivity contribution in [1.29, 1.82) is 0 Å². The summed E-state index contributed by atoms with van der Waals surface area (Å²) < 4.78 is 16.5. The van der Waals surface area contributed by atoms with E-state index < -0.39 is 5.60 Å². The van der Waals surface area contributed by atoms with Crippen LogP contribution in [0.1, 0.15) is 23.0 Å². The maximum absolute atomic E-state index is 12.7. The molecule has 3 rings (SSSR count). The highest BCUT2D eigenvalue weighted by atomic mass is 16.5. The Morgan fingerprint density at radius 1 is 1.22 bits per heavy atom. The number of hydrogen-bond acceptors (Lipinski definition) is 6. The third-order valence-electron chi connectivity index (χ3n) is 4.31. The highest BCUT2D eigenvalue weighted by Crippen LogP contribution is 2.24. The molecule has 126 valence electrons. The molecule has 2 saturated heterocycles. The van der Waals surface area contributed by atoms with Gasteiger partial charge in [0.2, 0.25) is 5.91 Å². The molecule has 2 amide bonds. The van der Waals surface area contributed by atoms with E-state index >= 15 is 0 Å². The van der Waals surface area contributed by atoms with E-state index in [-0.39, 0.29) is 11.8 Å². The van der Waals surface area contributed by atoms with Crippen molar-refractivity contribution in [3.63, 3.8) is 0 Å². The first-order chi connectivity index (χ1) is 11.0. The van der Waals surface area contributed by atoms with Crippen LogP contribution in [0.4, 0.5) is 0 Å². The van der Waals surface area contributed by atoms with Gasteiger partial charge in [0.1, 0.15) is 16.9 Å². The summed E-state index contributed by atoms with van der Waals surface area (Å²) in [4.78, 5) is 27.8. The van der Waals surface area contributed by atoms with E-state index in [1.165, 1.54) is 13.1 Å². The summed E-state index contributed by atoms with van der Waals surface area (Å²) in [6, 6.07) is 0. The molecule has 0 radical (unpaired) electrons. The number of nitrogens with zero attached hydrogens (tertiary/aromatic N) is 3. The molecular weight excluding hydrogens is 302 g/mol. The second-order valence-corrected chi connectivity index (χ2v) is 6.05. The third kappa shape index (κ3) is 3.23. The van der Waals surface area contributed by atoms with Gasteiger partial charge in [-0.15, -0.1) is 0 Å². The maximum Gasteiger partial charge on any atom is 0.259 e. The summed E-state index contributed by atoms with van der Waals surface area (Å²) in [5.74, 6) is 0.347. The average molecular weight is 323 g/mol. The number of carbonyl (C=O) groups excluding carboxylic acids is 2.